The molecule has 1 aromatic rings. The normalized spacial score (nSPS) is 13.8. The van der Waals surface area contributed by atoms with Crippen LogP contribution in [0.2, 0.25) is 0 Å². The lowest BCUT2D eigenvalue weighted by Gasteiger charge is -2.09. The largest absolute Gasteiger partial charge is 0.327 e. The second-order valence-electron chi connectivity index (χ2n) is 3.26. The molecule has 0 aliphatic heterocycles. The molecule has 1 aromatic carbocycles. The van der Waals surface area contributed by atoms with Gasteiger partial charge >= 0.3 is 0 Å². The summed E-state index contributed by atoms with van der Waals surface area (Å²) in [5, 5.41) is 0. The Morgan fingerprint density at radius 1 is 1.47 bits per heavy atom. The molecule has 0 bridgehead atoms. The molecule has 0 amide bonds. The van der Waals surface area contributed by atoms with Crippen LogP contribution in [0.1, 0.15) is 6.92 Å². The molecule has 15 heavy (non-hydrogen) atoms. The summed E-state index contributed by atoms with van der Waals surface area (Å²) in [4.78, 5) is -0.356. The summed E-state index contributed by atoms with van der Waals surface area (Å²) in [7, 11) is -3.79. The van der Waals surface area contributed by atoms with E-state index < -0.39 is 15.8 Å². The Bertz CT molecular complexity index is 431. The van der Waals surface area contributed by atoms with Gasteiger partial charge in [0.05, 0.1) is 0 Å². The molecule has 4 nitrogen and oxygen atoms in total. The Morgan fingerprint density at radius 2 is 2.07 bits per heavy atom. The van der Waals surface area contributed by atoms with Gasteiger partial charge in [-0.2, -0.15) is 0 Å². The topological polar surface area (TPSA) is 72.2 Å². The van der Waals surface area contributed by atoms with E-state index in [0.29, 0.717) is 0 Å². The van der Waals surface area contributed by atoms with Gasteiger partial charge in [-0.1, -0.05) is 12.1 Å². The van der Waals surface area contributed by atoms with Crippen molar-refractivity contribution in [1.82, 2.24) is 4.72 Å². The Balaban J connectivity index is 2.92. The molecule has 0 saturated carbocycles. The average molecular weight is 232 g/mol. The highest BCUT2D eigenvalue weighted by molar-refractivity contribution is 7.89. The van der Waals surface area contributed by atoms with E-state index in [4.69, 9.17) is 5.73 Å². The molecule has 1 rings (SSSR count). The summed E-state index contributed by atoms with van der Waals surface area (Å²) in [6.45, 7) is 1.74. The van der Waals surface area contributed by atoms with Crippen molar-refractivity contribution in [3.63, 3.8) is 0 Å². The number of nitrogens with two attached hydrogens (primary N) is 1. The zero-order chi connectivity index (χ0) is 11.5. The van der Waals surface area contributed by atoms with Crippen molar-refractivity contribution < 1.29 is 12.8 Å². The van der Waals surface area contributed by atoms with E-state index in [0.717, 1.165) is 6.07 Å². The van der Waals surface area contributed by atoms with Gasteiger partial charge in [-0.05, 0) is 19.1 Å². The number of halogens is 1. The van der Waals surface area contributed by atoms with Gasteiger partial charge in [-0.3, -0.25) is 0 Å². The molecular weight excluding hydrogens is 219 g/mol. The van der Waals surface area contributed by atoms with Gasteiger partial charge in [0, 0.05) is 12.6 Å². The van der Waals surface area contributed by atoms with Crippen LogP contribution >= 0.6 is 0 Å². The molecule has 0 aromatic heterocycles. The third-order valence-electron chi connectivity index (χ3n) is 1.72. The standard InChI is InChI=1S/C9H13FN2O2S/c1-7(11)6-12-15(13,14)9-5-3-2-4-8(9)10/h2-5,7,12H,6,11H2,1H3. The predicted molar refractivity (Wildman–Crippen MR) is 55.2 cm³/mol. The van der Waals surface area contributed by atoms with Gasteiger partial charge in [-0.25, -0.2) is 17.5 Å². The van der Waals surface area contributed by atoms with Crippen molar-refractivity contribution in [2.45, 2.75) is 17.9 Å². The van der Waals surface area contributed by atoms with Crippen LogP contribution in [0.25, 0.3) is 0 Å². The zero-order valence-electron chi connectivity index (χ0n) is 8.27. The minimum atomic E-state index is -3.79. The van der Waals surface area contributed by atoms with Gasteiger partial charge in [0.25, 0.3) is 0 Å². The van der Waals surface area contributed by atoms with Crippen LogP contribution in [0.3, 0.4) is 0 Å². The smallest absolute Gasteiger partial charge is 0.243 e. The van der Waals surface area contributed by atoms with Crippen molar-refractivity contribution >= 4 is 10.0 Å². The number of rotatable bonds is 4. The average Bonchev–Trinajstić information content (AvgIpc) is 2.15. The molecule has 0 aliphatic carbocycles. The zero-order valence-corrected chi connectivity index (χ0v) is 9.09. The molecular formula is C9H13FN2O2S. The Hall–Kier alpha value is -0.980. The van der Waals surface area contributed by atoms with Crippen LogP contribution in [0.5, 0.6) is 0 Å². The Kier molecular flexibility index (Phi) is 3.78. The third kappa shape index (κ3) is 3.26. The first-order valence-electron chi connectivity index (χ1n) is 4.43. The Morgan fingerprint density at radius 3 is 2.60 bits per heavy atom. The van der Waals surface area contributed by atoms with E-state index in [-0.39, 0.29) is 17.5 Å². The van der Waals surface area contributed by atoms with Crippen LogP contribution in [-0.2, 0) is 10.0 Å². The van der Waals surface area contributed by atoms with Crippen molar-refractivity contribution in [3.8, 4) is 0 Å². The van der Waals surface area contributed by atoms with Crippen molar-refractivity contribution in [2.24, 2.45) is 5.73 Å². The quantitative estimate of drug-likeness (QED) is 0.791. The molecule has 1 unspecified atom stereocenters. The van der Waals surface area contributed by atoms with Gasteiger partial charge in [0.2, 0.25) is 10.0 Å². The van der Waals surface area contributed by atoms with Crippen molar-refractivity contribution in [1.29, 1.82) is 0 Å². The highest BCUT2D eigenvalue weighted by atomic mass is 32.2. The van der Waals surface area contributed by atoms with Crippen LogP contribution < -0.4 is 10.5 Å². The van der Waals surface area contributed by atoms with E-state index in [1.54, 1.807) is 6.92 Å². The SMILES string of the molecule is CC(N)CNS(=O)(=O)c1ccccc1F. The fourth-order valence-corrected chi connectivity index (χ4v) is 2.20. The molecule has 1 atom stereocenters. The second-order valence-corrected chi connectivity index (χ2v) is 4.99. The first-order chi connectivity index (χ1) is 6.93. The number of hydrogen-bond acceptors (Lipinski definition) is 3. The molecule has 6 heteroatoms. The van der Waals surface area contributed by atoms with E-state index in [9.17, 15) is 12.8 Å². The molecule has 84 valence electrons. The van der Waals surface area contributed by atoms with E-state index >= 15 is 0 Å². The number of sulfonamides is 1. The first-order valence-corrected chi connectivity index (χ1v) is 5.91. The lowest BCUT2D eigenvalue weighted by molar-refractivity contribution is 0.552. The molecule has 0 radical (unpaired) electrons. The van der Waals surface area contributed by atoms with E-state index in [1.165, 1.54) is 18.2 Å². The molecule has 0 aliphatic rings. The molecule has 0 fully saturated rings. The fraction of sp³-hybridized carbons (Fsp3) is 0.333. The highest BCUT2D eigenvalue weighted by Crippen LogP contribution is 2.12. The minimum absolute atomic E-state index is 0.0800. The summed E-state index contributed by atoms with van der Waals surface area (Å²) in [5.41, 5.74) is 5.40. The highest BCUT2D eigenvalue weighted by Gasteiger charge is 2.17. The minimum Gasteiger partial charge on any atom is -0.327 e. The monoisotopic (exact) mass is 232 g/mol. The first kappa shape index (κ1) is 12.1. The van der Waals surface area contributed by atoms with Crippen LogP contribution in [-0.4, -0.2) is 21.0 Å². The lowest BCUT2D eigenvalue weighted by Crippen LogP contribution is -2.35. The molecule has 0 heterocycles. The Labute approximate surface area is 88.3 Å². The molecule has 0 spiro atoms. The van der Waals surface area contributed by atoms with Crippen LogP contribution in [0.4, 0.5) is 4.39 Å². The summed E-state index contributed by atoms with van der Waals surface area (Å²) in [5.74, 6) is -0.769. The van der Waals surface area contributed by atoms with Crippen molar-refractivity contribution in [2.75, 3.05) is 6.54 Å². The molecule has 0 saturated heterocycles. The number of hydrogen-bond donors (Lipinski definition) is 2. The lowest BCUT2D eigenvalue weighted by atomic mass is 10.3. The summed E-state index contributed by atoms with van der Waals surface area (Å²) in [6, 6.07) is 4.88. The van der Waals surface area contributed by atoms with Gasteiger partial charge in [0.1, 0.15) is 10.7 Å². The van der Waals surface area contributed by atoms with E-state index in [1.807, 2.05) is 0 Å². The van der Waals surface area contributed by atoms with Gasteiger partial charge < -0.3 is 5.73 Å². The van der Waals surface area contributed by atoms with E-state index in [2.05, 4.69) is 4.72 Å². The summed E-state index contributed by atoms with van der Waals surface area (Å²) < 4.78 is 38.5. The summed E-state index contributed by atoms with van der Waals surface area (Å²) >= 11 is 0. The fourth-order valence-electron chi connectivity index (χ4n) is 0.982. The van der Waals surface area contributed by atoms with Crippen LogP contribution in [0.15, 0.2) is 29.2 Å². The number of nitrogens with one attached hydrogen (secondary N) is 1. The maximum atomic E-state index is 13.2. The second kappa shape index (κ2) is 4.69. The predicted octanol–water partition coefficient (Wildman–Crippen LogP) is 0.451. The molecule has 3 N–H and O–H groups in total. The third-order valence-corrected chi connectivity index (χ3v) is 3.18. The number of benzene rings is 1. The van der Waals surface area contributed by atoms with Gasteiger partial charge in [0.15, 0.2) is 0 Å². The van der Waals surface area contributed by atoms with Gasteiger partial charge in [-0.15, -0.1) is 0 Å². The summed E-state index contributed by atoms with van der Waals surface area (Å²) in [6.07, 6.45) is 0. The van der Waals surface area contributed by atoms with Crippen molar-refractivity contribution in [3.05, 3.63) is 30.1 Å². The van der Waals surface area contributed by atoms with Crippen LogP contribution in [0, 0.1) is 5.82 Å². The maximum Gasteiger partial charge on any atom is 0.243 e. The maximum absolute atomic E-state index is 13.2.